The van der Waals surface area contributed by atoms with Gasteiger partial charge in [-0.3, -0.25) is 9.69 Å². The summed E-state index contributed by atoms with van der Waals surface area (Å²) in [6.07, 6.45) is 4.63. The molecule has 0 bridgehead atoms. The molecular formula is C33H38FNO4. The van der Waals surface area contributed by atoms with Crippen molar-refractivity contribution in [2.45, 2.75) is 77.1 Å². The van der Waals surface area contributed by atoms with Crippen molar-refractivity contribution < 1.29 is 23.8 Å². The molecule has 6 heteroatoms. The second-order valence-corrected chi connectivity index (χ2v) is 11.2. The van der Waals surface area contributed by atoms with Gasteiger partial charge in [0.05, 0.1) is 13.5 Å². The number of aliphatic carboxylic acids is 1. The minimum absolute atomic E-state index is 0.0270. The minimum atomic E-state index is -0.764. The van der Waals surface area contributed by atoms with E-state index in [9.17, 15) is 9.90 Å². The van der Waals surface area contributed by atoms with Gasteiger partial charge in [0.15, 0.2) is 0 Å². The molecule has 3 aromatic rings. The van der Waals surface area contributed by atoms with Crippen LogP contribution in [0.25, 0.3) is 11.1 Å². The van der Waals surface area contributed by atoms with E-state index in [-0.39, 0.29) is 18.2 Å². The second kappa shape index (κ2) is 11.8. The third-order valence-electron chi connectivity index (χ3n) is 8.40. The maximum Gasteiger partial charge on any atom is 0.303 e. The molecular weight excluding hydrogens is 493 g/mol. The summed E-state index contributed by atoms with van der Waals surface area (Å²) in [5, 5.41) is 9.39. The van der Waals surface area contributed by atoms with Crippen LogP contribution in [0, 0.1) is 11.7 Å². The summed E-state index contributed by atoms with van der Waals surface area (Å²) in [5.41, 5.74) is 4.50. The maximum absolute atomic E-state index is 15.0. The van der Waals surface area contributed by atoms with Gasteiger partial charge in [-0.1, -0.05) is 30.3 Å². The van der Waals surface area contributed by atoms with Crippen molar-refractivity contribution in [3.63, 3.8) is 0 Å². The lowest BCUT2D eigenvalue weighted by Crippen LogP contribution is -2.32. The van der Waals surface area contributed by atoms with Crippen LogP contribution >= 0.6 is 0 Å². The van der Waals surface area contributed by atoms with Gasteiger partial charge in [-0.05, 0) is 104 Å². The first-order chi connectivity index (χ1) is 18.8. The van der Waals surface area contributed by atoms with E-state index in [0.29, 0.717) is 35.9 Å². The SMILES string of the molecule is COc1ccc(F)c(-c2ccc(COc3cccc([C@@H](CC(=O)O)C4CC4)c3)cc2CN2[C@H](C)CC[C@H]2C)c1. The molecule has 1 aliphatic carbocycles. The molecule has 1 saturated carbocycles. The Morgan fingerprint density at radius 2 is 1.74 bits per heavy atom. The van der Waals surface area contributed by atoms with Crippen molar-refractivity contribution in [3.8, 4) is 22.6 Å². The highest BCUT2D eigenvalue weighted by atomic mass is 19.1. The zero-order valence-corrected chi connectivity index (χ0v) is 23.0. The van der Waals surface area contributed by atoms with E-state index in [1.807, 2.05) is 36.4 Å². The summed E-state index contributed by atoms with van der Waals surface area (Å²) in [6, 6.07) is 19.8. The molecule has 3 aromatic carbocycles. The number of hydrogen-bond donors (Lipinski definition) is 1. The van der Waals surface area contributed by atoms with E-state index in [1.54, 1.807) is 19.2 Å². The van der Waals surface area contributed by atoms with Gasteiger partial charge < -0.3 is 14.6 Å². The van der Waals surface area contributed by atoms with Gasteiger partial charge in [0.2, 0.25) is 0 Å². The molecule has 0 spiro atoms. The first-order valence-electron chi connectivity index (χ1n) is 14.0. The highest BCUT2D eigenvalue weighted by Crippen LogP contribution is 2.45. The number of ether oxygens (including phenoxy) is 2. The number of carboxylic acids is 1. The van der Waals surface area contributed by atoms with Crippen LogP contribution in [0.5, 0.6) is 11.5 Å². The Kier molecular flexibility index (Phi) is 8.22. The van der Waals surface area contributed by atoms with Crippen molar-refractivity contribution in [2.24, 2.45) is 5.92 Å². The quantitative estimate of drug-likeness (QED) is 0.279. The van der Waals surface area contributed by atoms with E-state index < -0.39 is 5.97 Å². The molecule has 1 aliphatic heterocycles. The van der Waals surface area contributed by atoms with Crippen molar-refractivity contribution in [2.75, 3.05) is 7.11 Å². The lowest BCUT2D eigenvalue weighted by Gasteiger charge is -2.27. The monoisotopic (exact) mass is 531 g/mol. The van der Waals surface area contributed by atoms with Crippen LogP contribution in [0.2, 0.25) is 0 Å². The highest BCUT2D eigenvalue weighted by molar-refractivity contribution is 5.70. The van der Waals surface area contributed by atoms with Crippen LogP contribution in [0.1, 0.15) is 68.6 Å². The Morgan fingerprint density at radius 1 is 0.974 bits per heavy atom. The zero-order chi connectivity index (χ0) is 27.5. The third-order valence-corrected chi connectivity index (χ3v) is 8.40. The number of carboxylic acid groups (broad SMARTS) is 1. The molecule has 0 radical (unpaired) electrons. The van der Waals surface area contributed by atoms with Gasteiger partial charge in [-0.15, -0.1) is 0 Å². The van der Waals surface area contributed by atoms with Crippen molar-refractivity contribution >= 4 is 5.97 Å². The smallest absolute Gasteiger partial charge is 0.303 e. The summed E-state index contributed by atoms with van der Waals surface area (Å²) in [4.78, 5) is 13.9. The molecule has 0 unspecified atom stereocenters. The van der Waals surface area contributed by atoms with E-state index in [4.69, 9.17) is 9.47 Å². The molecule has 2 aliphatic rings. The number of carbonyl (C=O) groups is 1. The van der Waals surface area contributed by atoms with Gasteiger partial charge in [-0.2, -0.15) is 0 Å². The van der Waals surface area contributed by atoms with E-state index in [1.165, 1.54) is 6.07 Å². The molecule has 1 heterocycles. The normalized spacial score (nSPS) is 20.1. The van der Waals surface area contributed by atoms with Crippen LogP contribution in [0.15, 0.2) is 60.7 Å². The van der Waals surface area contributed by atoms with E-state index in [2.05, 4.69) is 24.8 Å². The molecule has 5 rings (SSSR count). The highest BCUT2D eigenvalue weighted by Gasteiger charge is 2.34. The standard InChI is InChI=1S/C33H38FNO4/c1-21-7-8-22(2)35(21)19-26-15-23(9-13-29(26)31-17-27(38-3)12-14-32(31)34)20-39-28-6-4-5-25(16-28)30(18-33(36)37)24-10-11-24/h4-6,9,12-17,21-22,24,30H,7-8,10-11,18-20H2,1-3H3,(H,36,37)/t21-,22-,30+/m1/s1. The summed E-state index contributed by atoms with van der Waals surface area (Å²) in [6.45, 7) is 5.62. The predicted octanol–water partition coefficient (Wildman–Crippen LogP) is 7.42. The van der Waals surface area contributed by atoms with Gasteiger partial charge in [0.1, 0.15) is 23.9 Å². The van der Waals surface area contributed by atoms with E-state index >= 15 is 4.39 Å². The van der Waals surface area contributed by atoms with Crippen LogP contribution in [-0.2, 0) is 17.9 Å². The number of benzene rings is 3. The summed E-state index contributed by atoms with van der Waals surface area (Å²) >= 11 is 0. The second-order valence-electron chi connectivity index (χ2n) is 11.2. The summed E-state index contributed by atoms with van der Waals surface area (Å²) < 4.78 is 26.6. The fourth-order valence-corrected chi connectivity index (χ4v) is 5.97. The molecule has 206 valence electrons. The number of nitrogens with zero attached hydrogens (tertiary/aromatic N) is 1. The van der Waals surface area contributed by atoms with Gasteiger partial charge in [0.25, 0.3) is 0 Å². The molecule has 0 amide bonds. The largest absolute Gasteiger partial charge is 0.497 e. The number of rotatable bonds is 11. The zero-order valence-electron chi connectivity index (χ0n) is 23.0. The fraction of sp³-hybridized carbons (Fsp3) is 0.424. The predicted molar refractivity (Wildman–Crippen MR) is 151 cm³/mol. The molecule has 1 saturated heterocycles. The fourth-order valence-electron chi connectivity index (χ4n) is 5.97. The van der Waals surface area contributed by atoms with Crippen molar-refractivity contribution in [1.29, 1.82) is 0 Å². The van der Waals surface area contributed by atoms with Crippen LogP contribution in [0.4, 0.5) is 4.39 Å². The lowest BCUT2D eigenvalue weighted by atomic mass is 9.91. The Labute approximate surface area is 230 Å². The summed E-state index contributed by atoms with van der Waals surface area (Å²) in [5.74, 6) is 0.791. The third kappa shape index (κ3) is 6.44. The molecule has 3 atom stereocenters. The number of likely N-dealkylation sites (tertiary alicyclic amines) is 1. The topological polar surface area (TPSA) is 59.0 Å². The van der Waals surface area contributed by atoms with Gasteiger partial charge in [0, 0.05) is 24.2 Å². The number of halogens is 1. The first-order valence-corrected chi connectivity index (χ1v) is 14.0. The van der Waals surface area contributed by atoms with Gasteiger partial charge in [-0.25, -0.2) is 4.39 Å². The van der Waals surface area contributed by atoms with Crippen LogP contribution < -0.4 is 9.47 Å². The number of methoxy groups -OCH3 is 1. The molecule has 1 N–H and O–H groups in total. The maximum atomic E-state index is 15.0. The Bertz CT molecular complexity index is 1310. The molecule has 5 nitrogen and oxygen atoms in total. The Hall–Kier alpha value is -3.38. The lowest BCUT2D eigenvalue weighted by molar-refractivity contribution is -0.137. The van der Waals surface area contributed by atoms with E-state index in [0.717, 1.165) is 60.2 Å². The average Bonchev–Trinajstić information content (AvgIpc) is 3.73. The first kappa shape index (κ1) is 27.2. The minimum Gasteiger partial charge on any atom is -0.497 e. The Morgan fingerprint density at radius 3 is 2.44 bits per heavy atom. The van der Waals surface area contributed by atoms with Crippen LogP contribution in [0.3, 0.4) is 0 Å². The Balaban J connectivity index is 1.40. The average molecular weight is 532 g/mol. The van der Waals surface area contributed by atoms with Crippen LogP contribution in [-0.4, -0.2) is 35.2 Å². The van der Waals surface area contributed by atoms with Gasteiger partial charge >= 0.3 is 5.97 Å². The molecule has 39 heavy (non-hydrogen) atoms. The molecule has 2 fully saturated rings. The van der Waals surface area contributed by atoms with Crippen molar-refractivity contribution in [3.05, 3.63) is 83.2 Å². The number of hydrogen-bond acceptors (Lipinski definition) is 4. The van der Waals surface area contributed by atoms with Crippen molar-refractivity contribution in [1.82, 2.24) is 4.90 Å². The molecule has 0 aromatic heterocycles. The summed E-state index contributed by atoms with van der Waals surface area (Å²) in [7, 11) is 1.59.